The van der Waals surface area contributed by atoms with Gasteiger partial charge in [0.2, 0.25) is 5.88 Å². The highest BCUT2D eigenvalue weighted by molar-refractivity contribution is 5.44. The summed E-state index contributed by atoms with van der Waals surface area (Å²) in [7, 11) is 1.83. The number of hydrogen-bond donors (Lipinski definition) is 1. The predicted molar refractivity (Wildman–Crippen MR) is 64.5 cm³/mol. The summed E-state index contributed by atoms with van der Waals surface area (Å²) in [5.74, 6) is 0.254. The number of nitrogens with zero attached hydrogens (tertiary/aromatic N) is 1. The third kappa shape index (κ3) is 3.17. The molecule has 1 aromatic carbocycles. The van der Waals surface area contributed by atoms with Crippen molar-refractivity contribution in [1.29, 1.82) is 0 Å². The fourth-order valence-corrected chi connectivity index (χ4v) is 1.43. The molecule has 0 aliphatic rings. The number of hydrogen-bond acceptors (Lipinski definition) is 3. The summed E-state index contributed by atoms with van der Waals surface area (Å²) in [4.78, 5) is 4.07. The van der Waals surface area contributed by atoms with E-state index in [-0.39, 0.29) is 5.82 Å². The van der Waals surface area contributed by atoms with Gasteiger partial charge < -0.3 is 10.1 Å². The Morgan fingerprint density at radius 3 is 2.94 bits per heavy atom. The molecular weight excluding hydrogens is 219 g/mol. The molecule has 1 heterocycles. The molecule has 0 fully saturated rings. The van der Waals surface area contributed by atoms with Crippen molar-refractivity contribution in [3.8, 4) is 5.88 Å². The summed E-state index contributed by atoms with van der Waals surface area (Å²) in [5, 5.41) is 2.99. The molecule has 3 nitrogen and oxygen atoms in total. The van der Waals surface area contributed by atoms with E-state index < -0.39 is 0 Å². The van der Waals surface area contributed by atoms with E-state index in [9.17, 15) is 4.39 Å². The number of rotatable bonds is 4. The molecule has 4 heteroatoms. The SMILES string of the molecule is CNc1ccnc(OCc2cccc(F)c2)c1. The normalized spacial score (nSPS) is 10.0. The Bertz CT molecular complexity index is 502. The van der Waals surface area contributed by atoms with E-state index in [0.717, 1.165) is 11.3 Å². The van der Waals surface area contributed by atoms with Crippen LogP contribution in [0.2, 0.25) is 0 Å². The first-order chi connectivity index (χ1) is 8.28. The minimum atomic E-state index is -0.261. The summed E-state index contributed by atoms with van der Waals surface area (Å²) in [6.07, 6.45) is 1.66. The Balaban J connectivity index is 2.02. The Labute approximate surface area is 99.3 Å². The maximum absolute atomic E-state index is 12.9. The largest absolute Gasteiger partial charge is 0.473 e. The second-order valence-electron chi connectivity index (χ2n) is 3.55. The third-order valence-electron chi connectivity index (χ3n) is 2.30. The highest BCUT2D eigenvalue weighted by Crippen LogP contribution is 2.15. The Kier molecular flexibility index (Phi) is 3.55. The lowest BCUT2D eigenvalue weighted by Crippen LogP contribution is -1.98. The number of aromatic nitrogens is 1. The van der Waals surface area contributed by atoms with Crippen LogP contribution in [-0.2, 0) is 6.61 Å². The molecule has 0 saturated carbocycles. The molecule has 1 N–H and O–H groups in total. The number of nitrogens with one attached hydrogen (secondary N) is 1. The standard InChI is InChI=1S/C13H13FN2O/c1-15-12-5-6-16-13(8-12)17-9-10-3-2-4-11(14)7-10/h2-8H,9H2,1H3,(H,15,16). The molecule has 2 rings (SSSR count). The molecule has 0 bridgehead atoms. The summed E-state index contributed by atoms with van der Waals surface area (Å²) in [5.41, 5.74) is 1.70. The molecule has 0 atom stereocenters. The van der Waals surface area contributed by atoms with Crippen LogP contribution in [0, 0.1) is 5.82 Å². The summed E-state index contributed by atoms with van der Waals surface area (Å²) < 4.78 is 18.4. The molecule has 0 aliphatic carbocycles. The zero-order valence-corrected chi connectivity index (χ0v) is 9.48. The monoisotopic (exact) mass is 232 g/mol. The van der Waals surface area contributed by atoms with E-state index >= 15 is 0 Å². The summed E-state index contributed by atoms with van der Waals surface area (Å²) in [6.45, 7) is 0.303. The van der Waals surface area contributed by atoms with Crippen LogP contribution in [-0.4, -0.2) is 12.0 Å². The highest BCUT2D eigenvalue weighted by atomic mass is 19.1. The lowest BCUT2D eigenvalue weighted by Gasteiger charge is -2.06. The van der Waals surface area contributed by atoms with Crippen LogP contribution >= 0.6 is 0 Å². The lowest BCUT2D eigenvalue weighted by atomic mass is 10.2. The van der Waals surface area contributed by atoms with Crippen molar-refractivity contribution < 1.29 is 9.13 Å². The van der Waals surface area contributed by atoms with Gasteiger partial charge in [-0.25, -0.2) is 9.37 Å². The molecule has 0 spiro atoms. The number of pyridine rings is 1. The van der Waals surface area contributed by atoms with Gasteiger partial charge in [0.15, 0.2) is 0 Å². The quantitative estimate of drug-likeness (QED) is 0.880. The van der Waals surface area contributed by atoms with E-state index in [4.69, 9.17) is 4.74 Å². The van der Waals surface area contributed by atoms with Crippen LogP contribution < -0.4 is 10.1 Å². The van der Waals surface area contributed by atoms with Gasteiger partial charge in [-0.2, -0.15) is 0 Å². The van der Waals surface area contributed by atoms with E-state index in [2.05, 4.69) is 10.3 Å². The van der Waals surface area contributed by atoms with Crippen LogP contribution in [0.5, 0.6) is 5.88 Å². The second-order valence-corrected chi connectivity index (χ2v) is 3.55. The molecule has 17 heavy (non-hydrogen) atoms. The van der Waals surface area contributed by atoms with Crippen LogP contribution in [0.1, 0.15) is 5.56 Å². The Morgan fingerprint density at radius 2 is 2.18 bits per heavy atom. The van der Waals surface area contributed by atoms with Crippen LogP contribution in [0.15, 0.2) is 42.6 Å². The zero-order valence-electron chi connectivity index (χ0n) is 9.48. The van der Waals surface area contributed by atoms with Crippen molar-refractivity contribution in [1.82, 2.24) is 4.98 Å². The van der Waals surface area contributed by atoms with Gasteiger partial charge in [-0.3, -0.25) is 0 Å². The predicted octanol–water partition coefficient (Wildman–Crippen LogP) is 2.84. The number of halogens is 1. The minimum Gasteiger partial charge on any atom is -0.473 e. The molecule has 0 saturated heterocycles. The lowest BCUT2D eigenvalue weighted by molar-refractivity contribution is 0.293. The van der Waals surface area contributed by atoms with Crippen molar-refractivity contribution in [3.63, 3.8) is 0 Å². The van der Waals surface area contributed by atoms with Gasteiger partial charge in [-0.05, 0) is 23.8 Å². The van der Waals surface area contributed by atoms with Crippen molar-refractivity contribution in [2.24, 2.45) is 0 Å². The molecular formula is C13H13FN2O. The third-order valence-corrected chi connectivity index (χ3v) is 2.30. The molecule has 0 unspecified atom stereocenters. The van der Waals surface area contributed by atoms with Gasteiger partial charge in [-0.15, -0.1) is 0 Å². The molecule has 2 aromatic rings. The van der Waals surface area contributed by atoms with Gasteiger partial charge in [0.1, 0.15) is 12.4 Å². The van der Waals surface area contributed by atoms with Gasteiger partial charge in [0.05, 0.1) is 0 Å². The fraction of sp³-hybridized carbons (Fsp3) is 0.154. The average Bonchev–Trinajstić information content (AvgIpc) is 2.37. The summed E-state index contributed by atoms with van der Waals surface area (Å²) in [6, 6.07) is 9.95. The molecule has 0 amide bonds. The van der Waals surface area contributed by atoms with Gasteiger partial charge in [-0.1, -0.05) is 12.1 Å². The Morgan fingerprint density at radius 1 is 1.29 bits per heavy atom. The summed E-state index contributed by atoms with van der Waals surface area (Å²) >= 11 is 0. The maximum atomic E-state index is 12.9. The molecule has 88 valence electrons. The van der Waals surface area contributed by atoms with E-state index in [1.54, 1.807) is 18.3 Å². The smallest absolute Gasteiger partial charge is 0.215 e. The van der Waals surface area contributed by atoms with Gasteiger partial charge in [0, 0.05) is 25.0 Å². The van der Waals surface area contributed by atoms with Crippen molar-refractivity contribution >= 4 is 5.69 Å². The maximum Gasteiger partial charge on any atom is 0.215 e. The fourth-order valence-electron chi connectivity index (χ4n) is 1.43. The van der Waals surface area contributed by atoms with E-state index in [1.807, 2.05) is 19.2 Å². The van der Waals surface area contributed by atoms with Crippen molar-refractivity contribution in [2.75, 3.05) is 12.4 Å². The van der Waals surface area contributed by atoms with Crippen molar-refractivity contribution in [2.45, 2.75) is 6.61 Å². The topological polar surface area (TPSA) is 34.2 Å². The zero-order chi connectivity index (χ0) is 12.1. The van der Waals surface area contributed by atoms with Gasteiger partial charge in [0.25, 0.3) is 0 Å². The first kappa shape index (κ1) is 11.4. The molecule has 0 radical (unpaired) electrons. The number of anilines is 1. The van der Waals surface area contributed by atoms with Crippen LogP contribution in [0.25, 0.3) is 0 Å². The molecule has 0 aliphatic heterocycles. The number of benzene rings is 1. The van der Waals surface area contributed by atoms with E-state index in [0.29, 0.717) is 12.5 Å². The van der Waals surface area contributed by atoms with Gasteiger partial charge >= 0.3 is 0 Å². The molecule has 1 aromatic heterocycles. The van der Waals surface area contributed by atoms with Crippen LogP contribution in [0.4, 0.5) is 10.1 Å². The second kappa shape index (κ2) is 5.30. The first-order valence-electron chi connectivity index (χ1n) is 5.29. The van der Waals surface area contributed by atoms with Crippen LogP contribution in [0.3, 0.4) is 0 Å². The van der Waals surface area contributed by atoms with Crippen molar-refractivity contribution in [3.05, 3.63) is 54.0 Å². The number of ether oxygens (including phenoxy) is 1. The first-order valence-corrected chi connectivity index (χ1v) is 5.29. The average molecular weight is 232 g/mol. The van der Waals surface area contributed by atoms with E-state index in [1.165, 1.54) is 12.1 Å². The highest BCUT2D eigenvalue weighted by Gasteiger charge is 1.99. The Hall–Kier alpha value is -2.10. The minimum absolute atomic E-state index is 0.261.